The van der Waals surface area contributed by atoms with E-state index in [9.17, 15) is 0 Å². The molecule has 1 aliphatic carbocycles. The smallest absolute Gasteiger partial charge is 0.165 e. The van der Waals surface area contributed by atoms with E-state index in [1.807, 2.05) is 6.07 Å². The van der Waals surface area contributed by atoms with Crippen molar-refractivity contribution >= 4 is 0 Å². The van der Waals surface area contributed by atoms with Crippen molar-refractivity contribution in [2.24, 2.45) is 5.92 Å². The van der Waals surface area contributed by atoms with Gasteiger partial charge in [-0.15, -0.1) is 0 Å². The molecule has 0 amide bonds. The number of nitrogens with one attached hydrogen (secondary N) is 1. The summed E-state index contributed by atoms with van der Waals surface area (Å²) in [4.78, 5) is 0. The lowest BCUT2D eigenvalue weighted by molar-refractivity contribution is 0.280. The van der Waals surface area contributed by atoms with Crippen molar-refractivity contribution < 1.29 is 9.47 Å². The normalized spacial score (nSPS) is 15.2. The molecule has 3 nitrogen and oxygen atoms in total. The summed E-state index contributed by atoms with van der Waals surface area (Å²) in [6.45, 7) is 5.02. The van der Waals surface area contributed by atoms with Gasteiger partial charge in [-0.3, -0.25) is 0 Å². The van der Waals surface area contributed by atoms with Crippen LogP contribution in [0.25, 0.3) is 0 Å². The van der Waals surface area contributed by atoms with Crippen molar-refractivity contribution in [3.8, 4) is 11.5 Å². The van der Waals surface area contributed by atoms with E-state index in [1.165, 1.54) is 69.8 Å². The van der Waals surface area contributed by atoms with Crippen LogP contribution in [-0.4, -0.2) is 20.3 Å². The molecule has 26 heavy (non-hydrogen) atoms. The second kappa shape index (κ2) is 13.0. The van der Waals surface area contributed by atoms with Gasteiger partial charge in [0.05, 0.1) is 13.7 Å². The Morgan fingerprint density at radius 3 is 2.54 bits per heavy atom. The summed E-state index contributed by atoms with van der Waals surface area (Å²) >= 11 is 0. The third-order valence-corrected chi connectivity index (χ3v) is 5.50. The predicted molar refractivity (Wildman–Crippen MR) is 110 cm³/mol. The molecule has 1 saturated carbocycles. The summed E-state index contributed by atoms with van der Waals surface area (Å²) < 4.78 is 11.7. The molecule has 0 radical (unpaired) electrons. The molecule has 1 aromatic rings. The summed E-state index contributed by atoms with van der Waals surface area (Å²) in [7, 11) is 1.73. The highest BCUT2D eigenvalue weighted by Crippen LogP contribution is 2.31. The number of methoxy groups -OCH3 is 1. The monoisotopic (exact) mass is 361 g/mol. The van der Waals surface area contributed by atoms with E-state index in [0.717, 1.165) is 43.5 Å². The quantitative estimate of drug-likeness (QED) is 0.430. The molecule has 0 bridgehead atoms. The molecule has 1 fully saturated rings. The Balaban J connectivity index is 1.77. The number of ether oxygens (including phenoxy) is 2. The lowest BCUT2D eigenvalue weighted by atomic mass is 9.89. The first-order valence-electron chi connectivity index (χ1n) is 10.8. The first-order chi connectivity index (χ1) is 12.8. The standard InChI is InChI=1S/C23H39NO2/c1-3-4-5-6-7-11-17-26-23-21(15-12-16-22(23)25-2)19-24-18-20-13-9-8-10-14-20/h12,15-16,20,24H,3-11,13-14,17-19H2,1-2H3. The third-order valence-electron chi connectivity index (χ3n) is 5.50. The lowest BCUT2D eigenvalue weighted by Gasteiger charge is -2.22. The molecule has 1 N–H and O–H groups in total. The fourth-order valence-corrected chi connectivity index (χ4v) is 3.88. The van der Waals surface area contributed by atoms with E-state index in [0.29, 0.717) is 0 Å². The number of para-hydroxylation sites is 1. The average molecular weight is 362 g/mol. The van der Waals surface area contributed by atoms with Crippen LogP contribution in [0.15, 0.2) is 18.2 Å². The fourth-order valence-electron chi connectivity index (χ4n) is 3.88. The van der Waals surface area contributed by atoms with Crippen molar-refractivity contribution in [1.82, 2.24) is 5.32 Å². The minimum absolute atomic E-state index is 0.780. The van der Waals surface area contributed by atoms with Crippen molar-refractivity contribution in [1.29, 1.82) is 0 Å². The number of benzene rings is 1. The predicted octanol–water partition coefficient (Wildman–Crippen LogP) is 6.10. The van der Waals surface area contributed by atoms with E-state index in [1.54, 1.807) is 7.11 Å². The zero-order valence-corrected chi connectivity index (χ0v) is 17.0. The Kier molecular flexibility index (Phi) is 10.6. The molecule has 148 valence electrons. The average Bonchev–Trinajstić information content (AvgIpc) is 2.68. The Morgan fingerprint density at radius 2 is 1.77 bits per heavy atom. The van der Waals surface area contributed by atoms with Gasteiger partial charge < -0.3 is 14.8 Å². The van der Waals surface area contributed by atoms with Gasteiger partial charge in [-0.1, -0.05) is 70.4 Å². The molecule has 2 rings (SSSR count). The molecule has 0 spiro atoms. The highest BCUT2D eigenvalue weighted by molar-refractivity contribution is 5.46. The molecule has 0 unspecified atom stereocenters. The maximum absolute atomic E-state index is 6.14. The summed E-state index contributed by atoms with van der Waals surface area (Å²) in [5, 5.41) is 3.65. The van der Waals surface area contributed by atoms with Crippen LogP contribution in [0.4, 0.5) is 0 Å². The highest BCUT2D eigenvalue weighted by Gasteiger charge is 2.14. The van der Waals surface area contributed by atoms with E-state index in [4.69, 9.17) is 9.47 Å². The van der Waals surface area contributed by atoms with E-state index >= 15 is 0 Å². The number of unbranched alkanes of at least 4 members (excludes halogenated alkanes) is 5. The number of hydrogen-bond acceptors (Lipinski definition) is 3. The summed E-state index contributed by atoms with van der Waals surface area (Å²) in [5.41, 5.74) is 1.21. The highest BCUT2D eigenvalue weighted by atomic mass is 16.5. The topological polar surface area (TPSA) is 30.5 Å². The SMILES string of the molecule is CCCCCCCCOc1c(CNCC2CCCCC2)cccc1OC. The Bertz CT molecular complexity index is 483. The molecule has 0 aromatic heterocycles. The summed E-state index contributed by atoms with van der Waals surface area (Å²) in [5.74, 6) is 2.63. The van der Waals surface area contributed by atoms with Crippen LogP contribution in [0, 0.1) is 5.92 Å². The van der Waals surface area contributed by atoms with Gasteiger partial charge >= 0.3 is 0 Å². The minimum atomic E-state index is 0.780. The lowest BCUT2D eigenvalue weighted by Crippen LogP contribution is -2.24. The van der Waals surface area contributed by atoms with Crippen LogP contribution in [0.1, 0.15) is 83.1 Å². The van der Waals surface area contributed by atoms with E-state index < -0.39 is 0 Å². The molecule has 3 heteroatoms. The van der Waals surface area contributed by atoms with Gasteiger partial charge in [0, 0.05) is 12.1 Å². The fraction of sp³-hybridized carbons (Fsp3) is 0.739. The van der Waals surface area contributed by atoms with Crippen LogP contribution < -0.4 is 14.8 Å². The van der Waals surface area contributed by atoms with Gasteiger partial charge in [0.15, 0.2) is 11.5 Å². The van der Waals surface area contributed by atoms with Crippen LogP contribution >= 0.6 is 0 Å². The Labute approximate surface area is 160 Å². The molecular weight excluding hydrogens is 322 g/mol. The molecule has 0 atom stereocenters. The van der Waals surface area contributed by atoms with Crippen molar-refractivity contribution in [2.75, 3.05) is 20.3 Å². The molecule has 0 aliphatic heterocycles. The third kappa shape index (κ3) is 7.57. The summed E-state index contributed by atoms with van der Waals surface area (Å²) in [6, 6.07) is 6.22. The van der Waals surface area contributed by atoms with E-state index in [2.05, 4.69) is 24.4 Å². The zero-order chi connectivity index (χ0) is 18.5. The first kappa shape index (κ1) is 21.1. The number of hydrogen-bond donors (Lipinski definition) is 1. The van der Waals surface area contributed by atoms with Crippen molar-refractivity contribution in [2.45, 2.75) is 84.1 Å². The van der Waals surface area contributed by atoms with Crippen molar-refractivity contribution in [3.05, 3.63) is 23.8 Å². The van der Waals surface area contributed by atoms with Crippen molar-refractivity contribution in [3.63, 3.8) is 0 Å². The maximum atomic E-state index is 6.14. The molecule has 0 heterocycles. The van der Waals surface area contributed by atoms with Gasteiger partial charge in [-0.2, -0.15) is 0 Å². The van der Waals surface area contributed by atoms with Crippen LogP contribution in [0.5, 0.6) is 11.5 Å². The molecular formula is C23H39NO2. The minimum Gasteiger partial charge on any atom is -0.493 e. The second-order valence-corrected chi connectivity index (χ2v) is 7.70. The second-order valence-electron chi connectivity index (χ2n) is 7.70. The number of rotatable bonds is 13. The Morgan fingerprint density at radius 1 is 1.00 bits per heavy atom. The Hall–Kier alpha value is -1.22. The first-order valence-corrected chi connectivity index (χ1v) is 10.8. The van der Waals surface area contributed by atoms with Crippen LogP contribution in [0.3, 0.4) is 0 Å². The molecule has 1 aliphatic rings. The largest absolute Gasteiger partial charge is 0.493 e. The summed E-state index contributed by atoms with van der Waals surface area (Å²) in [6.07, 6.45) is 14.7. The molecule has 0 saturated heterocycles. The van der Waals surface area contributed by atoms with E-state index in [-0.39, 0.29) is 0 Å². The van der Waals surface area contributed by atoms with Crippen LogP contribution in [-0.2, 0) is 6.54 Å². The van der Waals surface area contributed by atoms with Crippen LogP contribution in [0.2, 0.25) is 0 Å². The van der Waals surface area contributed by atoms with Gasteiger partial charge in [0.2, 0.25) is 0 Å². The van der Waals surface area contributed by atoms with Gasteiger partial charge in [-0.05, 0) is 37.8 Å². The van der Waals surface area contributed by atoms with Gasteiger partial charge in [0.25, 0.3) is 0 Å². The molecule has 1 aromatic carbocycles. The van der Waals surface area contributed by atoms with Gasteiger partial charge in [0.1, 0.15) is 0 Å². The van der Waals surface area contributed by atoms with Gasteiger partial charge in [-0.25, -0.2) is 0 Å². The zero-order valence-electron chi connectivity index (χ0n) is 17.0. The maximum Gasteiger partial charge on any atom is 0.165 e.